The molecule has 3 rings (SSSR count). The van der Waals surface area contributed by atoms with Gasteiger partial charge in [-0.05, 0) is 56.9 Å². The Balaban J connectivity index is 1.90. The van der Waals surface area contributed by atoms with Crippen molar-refractivity contribution in [3.05, 3.63) is 58.2 Å². The van der Waals surface area contributed by atoms with Crippen molar-refractivity contribution in [3.63, 3.8) is 0 Å². The molecule has 1 aromatic heterocycles. The first-order valence-electron chi connectivity index (χ1n) is 9.92. The molecule has 0 bridgehead atoms. The topological polar surface area (TPSA) is 71.6 Å². The fraction of sp³-hybridized carbons (Fsp3) is 0.455. The van der Waals surface area contributed by atoms with Gasteiger partial charge in [0.2, 0.25) is 0 Å². The van der Waals surface area contributed by atoms with Gasteiger partial charge in [0.15, 0.2) is 0 Å². The van der Waals surface area contributed by atoms with Crippen molar-refractivity contribution in [1.82, 2.24) is 9.88 Å². The van der Waals surface area contributed by atoms with Gasteiger partial charge in [0, 0.05) is 25.4 Å². The lowest BCUT2D eigenvalue weighted by atomic mass is 10.1. The van der Waals surface area contributed by atoms with Crippen molar-refractivity contribution in [3.8, 4) is 0 Å². The Morgan fingerprint density at radius 2 is 2.07 bits per heavy atom. The number of benzene rings is 1. The minimum absolute atomic E-state index is 0.0296. The average Bonchev–Trinajstić information content (AvgIpc) is 3.30. The van der Waals surface area contributed by atoms with E-state index in [9.17, 15) is 14.0 Å². The molecule has 1 aromatic carbocycles. The zero-order chi connectivity index (χ0) is 21.0. The van der Waals surface area contributed by atoms with Crippen LogP contribution < -0.4 is 0 Å². The molecule has 7 heteroatoms. The predicted octanol–water partition coefficient (Wildman–Crippen LogP) is 3.77. The number of aromatic nitrogens is 1. The summed E-state index contributed by atoms with van der Waals surface area (Å²) in [4.78, 5) is 30.0. The molecule has 0 saturated carbocycles. The highest BCUT2D eigenvalue weighted by Gasteiger charge is 2.27. The molecule has 1 aliphatic heterocycles. The normalized spacial score (nSPS) is 16.1. The van der Waals surface area contributed by atoms with Gasteiger partial charge < -0.3 is 19.4 Å². The summed E-state index contributed by atoms with van der Waals surface area (Å²) in [6, 6.07) is 5.97. The number of hydrogen-bond acceptors (Lipinski definition) is 4. The molecular weight excluding hydrogens is 375 g/mol. The molecule has 0 radical (unpaired) electrons. The molecule has 6 nitrogen and oxygen atoms in total. The maximum atomic E-state index is 14.3. The van der Waals surface area contributed by atoms with E-state index in [0.29, 0.717) is 18.8 Å². The highest BCUT2D eigenvalue weighted by Crippen LogP contribution is 2.24. The summed E-state index contributed by atoms with van der Waals surface area (Å²) in [5.74, 6) is -1.37. The Morgan fingerprint density at radius 1 is 1.31 bits per heavy atom. The molecule has 1 unspecified atom stereocenters. The van der Waals surface area contributed by atoms with Crippen LogP contribution in [0.4, 0.5) is 4.39 Å². The number of halogens is 1. The highest BCUT2D eigenvalue weighted by atomic mass is 19.1. The van der Waals surface area contributed by atoms with Crippen LogP contribution in [0.25, 0.3) is 0 Å². The van der Waals surface area contributed by atoms with E-state index in [-0.39, 0.29) is 24.8 Å². The van der Waals surface area contributed by atoms with Crippen molar-refractivity contribution in [1.29, 1.82) is 0 Å². The number of carbonyl (C=O) groups is 2. The number of rotatable bonds is 7. The summed E-state index contributed by atoms with van der Waals surface area (Å²) in [6.45, 7) is 6.99. The number of nitrogens with zero attached hydrogens (tertiary/aromatic N) is 1. The van der Waals surface area contributed by atoms with Gasteiger partial charge in [-0.25, -0.2) is 9.18 Å². The third-order valence-electron chi connectivity index (χ3n) is 5.26. The van der Waals surface area contributed by atoms with Gasteiger partial charge in [-0.15, -0.1) is 0 Å². The summed E-state index contributed by atoms with van der Waals surface area (Å²) in [5.41, 5.74) is 2.76. The van der Waals surface area contributed by atoms with E-state index in [4.69, 9.17) is 9.47 Å². The number of H-pyrrole nitrogens is 1. The number of carbonyl (C=O) groups excluding carboxylic acids is 2. The number of aromatic amines is 1. The van der Waals surface area contributed by atoms with Gasteiger partial charge in [0.1, 0.15) is 11.5 Å². The third-order valence-corrected chi connectivity index (χ3v) is 5.26. The molecule has 29 heavy (non-hydrogen) atoms. The standard InChI is InChI=1S/C22H27FN2O4/c1-4-28-22(27)20-14(2)18(15(3)24-20)13-25(12-16-8-7-11-29-16)21(26)17-9-5-6-10-19(17)23/h5-6,9-10,16,24H,4,7-8,11-13H2,1-3H3. The first kappa shape index (κ1) is 21.0. The molecule has 1 atom stereocenters. The Hall–Kier alpha value is -2.67. The lowest BCUT2D eigenvalue weighted by Gasteiger charge is -2.26. The summed E-state index contributed by atoms with van der Waals surface area (Å²) in [6.07, 6.45) is 1.73. The molecule has 0 spiro atoms. The van der Waals surface area contributed by atoms with E-state index in [2.05, 4.69) is 4.98 Å². The third kappa shape index (κ3) is 4.67. The number of amides is 1. The summed E-state index contributed by atoms with van der Waals surface area (Å²) >= 11 is 0. The minimum atomic E-state index is -0.551. The summed E-state index contributed by atoms with van der Waals surface area (Å²) in [7, 11) is 0. The molecule has 1 aliphatic rings. The molecular formula is C22H27FN2O4. The van der Waals surface area contributed by atoms with Crippen LogP contribution in [-0.2, 0) is 16.0 Å². The second kappa shape index (κ2) is 9.22. The van der Waals surface area contributed by atoms with Crippen LogP contribution in [0.1, 0.15) is 57.4 Å². The first-order chi connectivity index (χ1) is 13.9. The van der Waals surface area contributed by atoms with E-state index in [1.165, 1.54) is 12.1 Å². The van der Waals surface area contributed by atoms with Crippen LogP contribution in [0.5, 0.6) is 0 Å². The predicted molar refractivity (Wildman–Crippen MR) is 106 cm³/mol. The Kier molecular flexibility index (Phi) is 6.69. The fourth-order valence-electron chi connectivity index (χ4n) is 3.68. The highest BCUT2D eigenvalue weighted by molar-refractivity contribution is 5.94. The van der Waals surface area contributed by atoms with Gasteiger partial charge in [-0.2, -0.15) is 0 Å². The lowest BCUT2D eigenvalue weighted by Crippen LogP contribution is -2.37. The van der Waals surface area contributed by atoms with Crippen LogP contribution >= 0.6 is 0 Å². The van der Waals surface area contributed by atoms with E-state index >= 15 is 0 Å². The largest absolute Gasteiger partial charge is 0.461 e. The van der Waals surface area contributed by atoms with E-state index in [0.717, 1.165) is 29.7 Å². The SMILES string of the molecule is CCOC(=O)c1[nH]c(C)c(CN(CC2CCCO2)C(=O)c2ccccc2F)c1C. The van der Waals surface area contributed by atoms with Gasteiger partial charge in [-0.1, -0.05) is 12.1 Å². The number of esters is 1. The Bertz CT molecular complexity index is 887. The molecule has 2 heterocycles. The van der Waals surface area contributed by atoms with Gasteiger partial charge >= 0.3 is 5.97 Å². The number of hydrogen-bond donors (Lipinski definition) is 1. The Labute approximate surface area is 170 Å². The molecule has 1 amide bonds. The van der Waals surface area contributed by atoms with Crippen molar-refractivity contribution in [2.75, 3.05) is 19.8 Å². The second-order valence-electron chi connectivity index (χ2n) is 7.25. The molecule has 1 N–H and O–H groups in total. The van der Waals surface area contributed by atoms with Gasteiger partial charge in [0.05, 0.1) is 18.3 Å². The van der Waals surface area contributed by atoms with E-state index in [1.54, 1.807) is 24.0 Å². The number of aryl methyl sites for hydroxylation is 1. The number of ether oxygens (including phenoxy) is 2. The smallest absolute Gasteiger partial charge is 0.355 e. The van der Waals surface area contributed by atoms with Gasteiger partial charge in [0.25, 0.3) is 5.91 Å². The molecule has 0 aliphatic carbocycles. The minimum Gasteiger partial charge on any atom is -0.461 e. The quantitative estimate of drug-likeness (QED) is 0.716. The summed E-state index contributed by atoms with van der Waals surface area (Å²) in [5, 5.41) is 0. The number of nitrogens with one attached hydrogen (secondary N) is 1. The van der Waals surface area contributed by atoms with Crippen LogP contribution in [0.3, 0.4) is 0 Å². The zero-order valence-electron chi connectivity index (χ0n) is 17.1. The van der Waals surface area contributed by atoms with E-state index < -0.39 is 17.7 Å². The fourth-order valence-corrected chi connectivity index (χ4v) is 3.68. The molecule has 2 aromatic rings. The molecule has 1 fully saturated rings. The van der Waals surface area contributed by atoms with Crippen LogP contribution in [0.15, 0.2) is 24.3 Å². The Morgan fingerprint density at radius 3 is 2.72 bits per heavy atom. The van der Waals surface area contributed by atoms with Crippen LogP contribution in [-0.4, -0.2) is 47.6 Å². The zero-order valence-corrected chi connectivity index (χ0v) is 17.1. The van der Waals surface area contributed by atoms with Crippen LogP contribution in [0, 0.1) is 19.7 Å². The van der Waals surface area contributed by atoms with E-state index in [1.807, 2.05) is 13.8 Å². The van der Waals surface area contributed by atoms with Crippen molar-refractivity contribution in [2.45, 2.75) is 46.3 Å². The molecule has 1 saturated heterocycles. The van der Waals surface area contributed by atoms with Crippen molar-refractivity contribution >= 4 is 11.9 Å². The van der Waals surface area contributed by atoms with Crippen molar-refractivity contribution in [2.24, 2.45) is 0 Å². The summed E-state index contributed by atoms with van der Waals surface area (Å²) < 4.78 is 25.1. The maximum Gasteiger partial charge on any atom is 0.355 e. The van der Waals surface area contributed by atoms with Crippen molar-refractivity contribution < 1.29 is 23.5 Å². The lowest BCUT2D eigenvalue weighted by molar-refractivity contribution is 0.0503. The second-order valence-corrected chi connectivity index (χ2v) is 7.25. The maximum absolute atomic E-state index is 14.3. The monoisotopic (exact) mass is 402 g/mol. The molecule has 156 valence electrons. The van der Waals surface area contributed by atoms with Crippen LogP contribution in [0.2, 0.25) is 0 Å². The van der Waals surface area contributed by atoms with Gasteiger partial charge in [-0.3, -0.25) is 4.79 Å². The first-order valence-corrected chi connectivity index (χ1v) is 9.92. The average molecular weight is 402 g/mol.